The lowest BCUT2D eigenvalue weighted by Crippen LogP contribution is -2.22. The number of hydrogen-bond acceptors (Lipinski definition) is 7. The zero-order valence-corrected chi connectivity index (χ0v) is 22.0. The van der Waals surface area contributed by atoms with Gasteiger partial charge in [0.15, 0.2) is 0 Å². The zero-order chi connectivity index (χ0) is 25.2. The number of ether oxygens (including phenoxy) is 3. The van der Waals surface area contributed by atoms with Crippen LogP contribution < -0.4 is 14.8 Å². The molecule has 10 heteroatoms. The van der Waals surface area contributed by atoms with E-state index in [0.29, 0.717) is 42.9 Å². The lowest BCUT2D eigenvalue weighted by Gasteiger charge is -2.15. The first-order valence-corrected chi connectivity index (χ1v) is 15.5. The van der Waals surface area contributed by atoms with Crippen molar-refractivity contribution < 1.29 is 24.1 Å². The smallest absolute Gasteiger partial charge is 0.229 e. The minimum Gasteiger partial charge on any atom is -0.496 e. The third-order valence-electron chi connectivity index (χ3n) is 6.25. The molecule has 0 spiro atoms. The van der Waals surface area contributed by atoms with Gasteiger partial charge in [-0.25, -0.2) is 9.97 Å². The van der Waals surface area contributed by atoms with Crippen LogP contribution in [0.5, 0.6) is 11.6 Å². The molecule has 1 amide bonds. The van der Waals surface area contributed by atoms with E-state index in [-0.39, 0.29) is 24.3 Å². The number of fused-ring (bicyclic) bond motifs is 1. The maximum Gasteiger partial charge on any atom is 0.229 e. The Morgan fingerprint density at radius 1 is 1.23 bits per heavy atom. The Morgan fingerprint density at radius 2 is 2.03 bits per heavy atom. The van der Waals surface area contributed by atoms with Gasteiger partial charge in [-0.2, -0.15) is 0 Å². The lowest BCUT2D eigenvalue weighted by molar-refractivity contribution is -0.117. The molecule has 4 rings (SSSR count). The summed E-state index contributed by atoms with van der Waals surface area (Å²) >= 11 is 0. The SMILES string of the molecule is COc1ccnc(OC)c1-c1cn(COCC[Si](C)(C)C)c2nc(NC(=O)C3CC3CO)ccc12. The Bertz CT molecular complexity index is 1180. The summed E-state index contributed by atoms with van der Waals surface area (Å²) in [5, 5.41) is 13.0. The Balaban J connectivity index is 1.70. The highest BCUT2D eigenvalue weighted by atomic mass is 28.3. The Kier molecular flexibility index (Phi) is 7.44. The van der Waals surface area contributed by atoms with Crippen LogP contribution in [0.15, 0.2) is 30.6 Å². The highest BCUT2D eigenvalue weighted by Crippen LogP contribution is 2.42. The number of aliphatic hydroxyl groups is 1. The van der Waals surface area contributed by atoms with E-state index in [2.05, 4.69) is 29.9 Å². The van der Waals surface area contributed by atoms with Gasteiger partial charge >= 0.3 is 0 Å². The predicted octanol–water partition coefficient (Wildman–Crippen LogP) is 3.99. The van der Waals surface area contributed by atoms with E-state index in [1.165, 1.54) is 0 Å². The number of hydrogen-bond donors (Lipinski definition) is 2. The molecule has 0 aliphatic heterocycles. The number of rotatable bonds is 11. The molecule has 1 aliphatic carbocycles. The summed E-state index contributed by atoms with van der Waals surface area (Å²) in [6.45, 7) is 7.98. The Hall–Kier alpha value is -2.95. The van der Waals surface area contributed by atoms with Gasteiger partial charge in [0.2, 0.25) is 11.8 Å². The molecule has 3 heterocycles. The van der Waals surface area contributed by atoms with Crippen molar-refractivity contribution in [2.24, 2.45) is 11.8 Å². The van der Waals surface area contributed by atoms with Crippen LogP contribution in [0.4, 0.5) is 5.82 Å². The summed E-state index contributed by atoms with van der Waals surface area (Å²) in [6, 6.07) is 6.56. The first kappa shape index (κ1) is 25.1. The molecule has 2 N–H and O–H groups in total. The van der Waals surface area contributed by atoms with Crippen LogP contribution in [-0.2, 0) is 16.3 Å². The second-order valence-electron chi connectivity index (χ2n) is 10.1. The number of aromatic nitrogens is 3. The molecule has 9 nitrogen and oxygen atoms in total. The topological polar surface area (TPSA) is 108 Å². The highest BCUT2D eigenvalue weighted by molar-refractivity contribution is 6.76. The number of aliphatic hydroxyl groups excluding tert-OH is 1. The van der Waals surface area contributed by atoms with Gasteiger partial charge in [-0.15, -0.1) is 0 Å². The summed E-state index contributed by atoms with van der Waals surface area (Å²) in [6.07, 6.45) is 4.31. The van der Waals surface area contributed by atoms with E-state index in [0.717, 1.165) is 22.6 Å². The average molecular weight is 499 g/mol. The average Bonchev–Trinajstić information content (AvgIpc) is 3.55. The molecule has 188 valence electrons. The lowest BCUT2D eigenvalue weighted by atomic mass is 10.1. The van der Waals surface area contributed by atoms with Crippen LogP contribution in [0.1, 0.15) is 6.42 Å². The van der Waals surface area contributed by atoms with Crippen LogP contribution in [-0.4, -0.2) is 61.1 Å². The van der Waals surface area contributed by atoms with Crippen molar-refractivity contribution in [3.8, 4) is 22.8 Å². The largest absolute Gasteiger partial charge is 0.496 e. The number of methoxy groups -OCH3 is 2. The maximum atomic E-state index is 12.5. The van der Waals surface area contributed by atoms with E-state index < -0.39 is 8.07 Å². The predicted molar refractivity (Wildman–Crippen MR) is 137 cm³/mol. The summed E-state index contributed by atoms with van der Waals surface area (Å²) < 4.78 is 19.1. The molecule has 1 fully saturated rings. The van der Waals surface area contributed by atoms with Crippen LogP contribution >= 0.6 is 0 Å². The number of anilines is 1. The molecule has 0 radical (unpaired) electrons. The molecule has 2 atom stereocenters. The van der Waals surface area contributed by atoms with E-state index in [9.17, 15) is 9.90 Å². The van der Waals surface area contributed by atoms with E-state index in [1.54, 1.807) is 32.5 Å². The zero-order valence-electron chi connectivity index (χ0n) is 21.0. The fraction of sp³-hybridized carbons (Fsp3) is 0.480. The second kappa shape index (κ2) is 10.3. The molecular formula is C25H34N4O5Si. The highest BCUT2D eigenvalue weighted by Gasteiger charge is 2.42. The van der Waals surface area contributed by atoms with Crippen molar-refractivity contribution in [2.45, 2.75) is 38.8 Å². The standard InChI is InChI=1S/C25H34N4O5Si/c1-32-20-8-9-26-25(33-2)22(20)19-13-29(15-34-10-11-35(3,4)5)23-17(19)6-7-21(27-23)28-24(31)18-12-16(18)14-30/h6-9,13,16,18,30H,10-12,14-15H2,1-5H3,(H,27,28,31). The number of carbonyl (C=O) groups is 1. The maximum absolute atomic E-state index is 12.5. The van der Waals surface area contributed by atoms with E-state index >= 15 is 0 Å². The number of carbonyl (C=O) groups excluding carboxylic acids is 1. The van der Waals surface area contributed by atoms with Gasteiger partial charge in [0.1, 0.15) is 23.9 Å². The van der Waals surface area contributed by atoms with Crippen LogP contribution in [0.3, 0.4) is 0 Å². The summed E-state index contributed by atoms with van der Waals surface area (Å²) in [5.74, 6) is 1.31. The molecule has 1 saturated carbocycles. The minimum absolute atomic E-state index is 0.0281. The molecule has 0 bridgehead atoms. The summed E-state index contributed by atoms with van der Waals surface area (Å²) in [5.41, 5.74) is 2.25. The van der Waals surface area contributed by atoms with Gasteiger partial charge in [-0.3, -0.25) is 4.79 Å². The van der Waals surface area contributed by atoms with E-state index in [1.807, 2.05) is 16.8 Å². The number of nitrogens with one attached hydrogen (secondary N) is 1. The first-order chi connectivity index (χ1) is 16.8. The molecule has 35 heavy (non-hydrogen) atoms. The number of amides is 1. The Labute approximate surface area is 206 Å². The molecule has 1 aliphatic rings. The van der Waals surface area contributed by atoms with Crippen LogP contribution in [0.25, 0.3) is 22.2 Å². The number of nitrogens with zero attached hydrogens (tertiary/aromatic N) is 3. The molecule has 3 aromatic heterocycles. The quantitative estimate of drug-likeness (QED) is 0.304. The fourth-order valence-corrected chi connectivity index (χ4v) is 4.82. The first-order valence-electron chi connectivity index (χ1n) is 11.8. The van der Waals surface area contributed by atoms with Crippen LogP contribution in [0.2, 0.25) is 25.7 Å². The van der Waals surface area contributed by atoms with Crippen molar-refractivity contribution in [3.63, 3.8) is 0 Å². The van der Waals surface area contributed by atoms with Crippen LogP contribution in [0, 0.1) is 11.8 Å². The van der Waals surface area contributed by atoms with Crippen molar-refractivity contribution in [2.75, 3.05) is 32.8 Å². The van der Waals surface area contributed by atoms with Gasteiger partial charge in [0.25, 0.3) is 0 Å². The van der Waals surface area contributed by atoms with Gasteiger partial charge in [0, 0.05) is 50.5 Å². The molecule has 0 saturated heterocycles. The van der Waals surface area contributed by atoms with Gasteiger partial charge in [0.05, 0.1) is 19.8 Å². The molecule has 2 unspecified atom stereocenters. The van der Waals surface area contributed by atoms with Crippen molar-refractivity contribution in [3.05, 3.63) is 30.6 Å². The monoisotopic (exact) mass is 498 g/mol. The normalized spacial score (nSPS) is 17.4. The van der Waals surface area contributed by atoms with Gasteiger partial charge in [-0.05, 0) is 36.6 Å². The van der Waals surface area contributed by atoms with Crippen molar-refractivity contribution in [1.29, 1.82) is 0 Å². The number of pyridine rings is 2. The van der Waals surface area contributed by atoms with Gasteiger partial charge < -0.3 is 29.2 Å². The van der Waals surface area contributed by atoms with E-state index in [4.69, 9.17) is 19.2 Å². The second-order valence-corrected chi connectivity index (χ2v) is 15.7. The molecule has 0 aromatic carbocycles. The molecule has 3 aromatic rings. The van der Waals surface area contributed by atoms with Crippen molar-refractivity contribution in [1.82, 2.24) is 14.5 Å². The van der Waals surface area contributed by atoms with Crippen molar-refractivity contribution >= 4 is 30.8 Å². The third-order valence-corrected chi connectivity index (χ3v) is 7.96. The summed E-state index contributed by atoms with van der Waals surface area (Å²) in [7, 11) is 1.97. The minimum atomic E-state index is -1.22. The third kappa shape index (κ3) is 5.66. The van der Waals surface area contributed by atoms with Gasteiger partial charge in [-0.1, -0.05) is 19.6 Å². The Morgan fingerprint density at radius 3 is 2.69 bits per heavy atom. The molecular weight excluding hydrogens is 464 g/mol. The summed E-state index contributed by atoms with van der Waals surface area (Å²) in [4.78, 5) is 21.7. The fourth-order valence-electron chi connectivity index (χ4n) is 4.06.